The maximum Gasteiger partial charge on any atom is 0.311 e. The largest absolute Gasteiger partial charge is 0.481 e. The zero-order chi connectivity index (χ0) is 48.4. The number of carboxylic acid groups (broad SMARTS) is 1. The molecular weight excluding hydrogens is 851 g/mol. The van der Waals surface area contributed by atoms with E-state index >= 15 is 0 Å². The van der Waals surface area contributed by atoms with Gasteiger partial charge >= 0.3 is 11.9 Å². The van der Waals surface area contributed by atoms with Gasteiger partial charge in [0, 0.05) is 37.5 Å². The molecule has 368 valence electrons. The Morgan fingerprint density at radius 1 is 0.662 bits per heavy atom. The molecule has 3 aliphatic rings. The van der Waals surface area contributed by atoms with Gasteiger partial charge in [-0.1, -0.05) is 98.9 Å². The lowest BCUT2D eigenvalue weighted by Crippen LogP contribution is -2.61. The molecule has 0 spiro atoms. The lowest BCUT2D eigenvalue weighted by atomic mass is 9.82. The molecule has 0 aliphatic carbocycles. The van der Waals surface area contributed by atoms with E-state index < -0.39 is 147 Å². The number of aliphatic hydroxyl groups excluding tert-OH is 9. The van der Waals surface area contributed by atoms with E-state index in [-0.39, 0.29) is 31.6 Å². The van der Waals surface area contributed by atoms with Crippen molar-refractivity contribution in [3.05, 3.63) is 85.1 Å². The average molecular weight is 924 g/mol. The number of fused-ring (bicyclic) bond motifs is 2. The van der Waals surface area contributed by atoms with E-state index in [0.29, 0.717) is 0 Å². The molecule has 2 bridgehead atoms. The van der Waals surface area contributed by atoms with Crippen LogP contribution in [0.5, 0.6) is 0 Å². The molecular formula is C47H73NO17. The van der Waals surface area contributed by atoms with Crippen LogP contribution in [0.4, 0.5) is 0 Å². The van der Waals surface area contributed by atoms with E-state index in [0.717, 1.165) is 0 Å². The number of carbonyl (C=O) groups is 2. The summed E-state index contributed by atoms with van der Waals surface area (Å²) in [7, 11) is 0. The molecule has 65 heavy (non-hydrogen) atoms. The van der Waals surface area contributed by atoms with Crippen molar-refractivity contribution in [3.8, 4) is 0 Å². The van der Waals surface area contributed by atoms with Crippen molar-refractivity contribution >= 4 is 11.9 Å². The summed E-state index contributed by atoms with van der Waals surface area (Å²) >= 11 is 0. The van der Waals surface area contributed by atoms with Crippen LogP contribution in [0.3, 0.4) is 0 Å². The Kier molecular flexibility index (Phi) is 23.6. The number of aliphatic hydroxyl groups is 10. The van der Waals surface area contributed by atoms with Crippen LogP contribution in [-0.4, -0.2) is 166 Å². The van der Waals surface area contributed by atoms with Gasteiger partial charge in [0.1, 0.15) is 18.1 Å². The van der Waals surface area contributed by atoms with Gasteiger partial charge < -0.3 is 80.9 Å². The van der Waals surface area contributed by atoms with E-state index in [1.165, 1.54) is 13.0 Å². The molecule has 0 amide bonds. The zero-order valence-corrected chi connectivity index (χ0v) is 37.6. The first-order valence-electron chi connectivity index (χ1n) is 22.3. The third-order valence-electron chi connectivity index (χ3n) is 12.0. The van der Waals surface area contributed by atoms with Crippen LogP contribution >= 0.6 is 0 Å². The quantitative estimate of drug-likeness (QED) is 0.174. The number of allylic oxidation sites excluding steroid dienone is 12. The second-order valence-corrected chi connectivity index (χ2v) is 17.6. The van der Waals surface area contributed by atoms with E-state index in [1.807, 2.05) is 19.1 Å². The molecule has 0 saturated carbocycles. The minimum Gasteiger partial charge on any atom is -0.481 e. The molecule has 19 atom stereocenters. The van der Waals surface area contributed by atoms with E-state index in [2.05, 4.69) is 0 Å². The van der Waals surface area contributed by atoms with E-state index in [1.54, 1.807) is 80.7 Å². The van der Waals surface area contributed by atoms with Crippen molar-refractivity contribution in [1.29, 1.82) is 0 Å². The molecule has 2 saturated heterocycles. The smallest absolute Gasteiger partial charge is 0.311 e. The molecule has 3 unspecified atom stereocenters. The van der Waals surface area contributed by atoms with Crippen molar-refractivity contribution in [2.75, 3.05) is 0 Å². The number of cyclic esters (lactones) is 1. The Hall–Kier alpha value is -3.44. The summed E-state index contributed by atoms with van der Waals surface area (Å²) < 4.78 is 23.1. The second-order valence-electron chi connectivity index (χ2n) is 17.6. The predicted octanol–water partition coefficient (Wildman–Crippen LogP) is 0.712. The van der Waals surface area contributed by atoms with Gasteiger partial charge in [0.15, 0.2) is 12.1 Å². The number of rotatable bonds is 3. The van der Waals surface area contributed by atoms with Crippen molar-refractivity contribution in [3.63, 3.8) is 0 Å². The molecule has 3 heterocycles. The van der Waals surface area contributed by atoms with E-state index in [9.17, 15) is 65.8 Å². The first kappa shape index (κ1) is 55.9. The van der Waals surface area contributed by atoms with Crippen LogP contribution in [0.1, 0.15) is 79.1 Å². The molecule has 0 aromatic heterocycles. The highest BCUT2D eigenvalue weighted by Gasteiger charge is 2.51. The van der Waals surface area contributed by atoms with Crippen molar-refractivity contribution in [2.24, 2.45) is 23.5 Å². The Morgan fingerprint density at radius 3 is 1.82 bits per heavy atom. The third-order valence-corrected chi connectivity index (χ3v) is 12.0. The zero-order valence-electron chi connectivity index (χ0n) is 37.6. The number of esters is 1. The monoisotopic (exact) mass is 923 g/mol. The first-order chi connectivity index (χ1) is 30.6. The number of ether oxygens (including phenoxy) is 4. The highest BCUT2D eigenvalue weighted by atomic mass is 16.7. The van der Waals surface area contributed by atoms with Gasteiger partial charge in [0.2, 0.25) is 0 Å². The SMILES string of the molecule is C[C@@H]1[C@H](O)[C@@H](C)/C=C/C=C/C=C/C=C/C=C/C=C/C=C/[C@H](O[C@@H]2O[C@H](C)[C@@H](O)[C@H](N)[C@H]2O)C[C@@H]2OC(O)(C[C@@H](O)C[C@@H](O)C(O)CC[C@@H](O)CC(O)CC(=O)O[C@H]1C)C[C@H](O)[C@H]2C(=O)O. The first-order valence-corrected chi connectivity index (χ1v) is 22.3. The molecule has 13 N–H and O–H groups in total. The molecule has 3 aliphatic heterocycles. The van der Waals surface area contributed by atoms with Crippen LogP contribution in [0.15, 0.2) is 85.1 Å². The summed E-state index contributed by atoms with van der Waals surface area (Å²) in [6.45, 7) is 6.74. The molecule has 0 aromatic carbocycles. The van der Waals surface area contributed by atoms with Crippen molar-refractivity contribution < 1.29 is 84.7 Å². The lowest BCUT2D eigenvalue weighted by Gasteiger charge is -2.45. The van der Waals surface area contributed by atoms with Crippen LogP contribution in [0, 0.1) is 17.8 Å². The van der Waals surface area contributed by atoms with Crippen LogP contribution in [0.25, 0.3) is 0 Å². The normalized spacial score (nSPS) is 45.5. The third kappa shape index (κ3) is 18.6. The van der Waals surface area contributed by atoms with Crippen LogP contribution in [-0.2, 0) is 28.5 Å². The average Bonchev–Trinajstić information content (AvgIpc) is 3.21. The predicted molar refractivity (Wildman–Crippen MR) is 237 cm³/mol. The molecule has 0 aromatic rings. The Labute approximate surface area is 381 Å². The molecule has 3 rings (SSSR count). The molecule has 18 nitrogen and oxygen atoms in total. The van der Waals surface area contributed by atoms with Gasteiger partial charge in [-0.25, -0.2) is 0 Å². The Balaban J connectivity index is 1.86. The van der Waals surface area contributed by atoms with Crippen molar-refractivity contribution in [2.45, 2.75) is 177 Å². The summed E-state index contributed by atoms with van der Waals surface area (Å²) in [4.78, 5) is 25.1. The minimum absolute atomic E-state index is 0.107. The summed E-state index contributed by atoms with van der Waals surface area (Å²) in [5.74, 6) is -6.83. The Morgan fingerprint density at radius 2 is 1.23 bits per heavy atom. The fourth-order valence-electron chi connectivity index (χ4n) is 7.97. The molecule has 0 radical (unpaired) electrons. The lowest BCUT2D eigenvalue weighted by molar-refractivity contribution is -0.308. The van der Waals surface area contributed by atoms with Crippen LogP contribution < -0.4 is 5.73 Å². The number of hydrogen-bond acceptors (Lipinski definition) is 17. The van der Waals surface area contributed by atoms with Gasteiger partial charge in [0.25, 0.3) is 0 Å². The maximum absolute atomic E-state index is 12.6. The van der Waals surface area contributed by atoms with E-state index in [4.69, 9.17) is 24.7 Å². The van der Waals surface area contributed by atoms with Gasteiger partial charge in [0.05, 0.1) is 79.6 Å². The van der Waals surface area contributed by atoms with Crippen molar-refractivity contribution in [1.82, 2.24) is 0 Å². The fraction of sp³-hybridized carbons (Fsp3) is 0.660. The summed E-state index contributed by atoms with van der Waals surface area (Å²) in [6, 6.07) is -1.15. The van der Waals surface area contributed by atoms with Gasteiger partial charge in [-0.15, -0.1) is 0 Å². The fourth-order valence-corrected chi connectivity index (χ4v) is 7.97. The standard InChI is InChI=1S/C47H73NO17/c1-27-17-15-13-11-9-7-5-6-8-10-12-14-16-18-34(64-46-44(58)41(48)43(57)30(4)63-46)24-38-40(45(59)60)37(54)26-47(61,65-38)25-33(51)22-36(53)35(52)20-19-31(49)21-32(50)23-39(55)62-29(3)28(2)42(27)56/h5-18,27-38,40-44,46,49-54,56-58,61H,19-26,48H2,1-4H3,(H,59,60)/b6-5+,9-7+,10-8+,13-11+,14-12+,17-15+,18-16+/t27-,28-,29-,30+,31+,32?,33-,34-,35?,36+,37-,38-,40+,41-,42+,43+,44+,46-,47?/m0/s1. The van der Waals surface area contributed by atoms with Gasteiger partial charge in [-0.2, -0.15) is 0 Å². The number of aliphatic carboxylic acids is 1. The molecule has 2 fully saturated rings. The number of hydrogen-bond donors (Lipinski definition) is 12. The second kappa shape index (κ2) is 27.4. The number of nitrogens with two attached hydrogens (primary N) is 1. The molecule has 18 heteroatoms. The summed E-state index contributed by atoms with van der Waals surface area (Å²) in [5.41, 5.74) is 6.02. The summed E-state index contributed by atoms with van der Waals surface area (Å²) in [5, 5.41) is 118. The minimum atomic E-state index is -2.33. The highest BCUT2D eigenvalue weighted by Crippen LogP contribution is 2.38. The Bertz CT molecular complexity index is 1670. The number of carbonyl (C=O) groups excluding carboxylic acids is 1. The number of carboxylic acids is 1. The topological polar surface area (TPSA) is 320 Å². The maximum atomic E-state index is 12.6. The van der Waals surface area contributed by atoms with Crippen LogP contribution in [0.2, 0.25) is 0 Å². The summed E-state index contributed by atoms with van der Waals surface area (Å²) in [6.07, 6.45) is 3.46. The highest BCUT2D eigenvalue weighted by molar-refractivity contribution is 5.71. The van der Waals surface area contributed by atoms with Gasteiger partial charge in [-0.05, 0) is 33.1 Å². The van der Waals surface area contributed by atoms with Gasteiger partial charge in [-0.3, -0.25) is 9.59 Å².